The summed E-state index contributed by atoms with van der Waals surface area (Å²) in [6.45, 7) is 4.63. The number of aliphatic hydroxyl groups excluding tert-OH is 1. The summed E-state index contributed by atoms with van der Waals surface area (Å²) in [5.74, 6) is -0.414. The Bertz CT molecular complexity index is 1170. The summed E-state index contributed by atoms with van der Waals surface area (Å²) in [5.41, 5.74) is 2.27. The predicted octanol–water partition coefficient (Wildman–Crippen LogP) is 4.47. The average Bonchev–Trinajstić information content (AvgIpc) is 2.81. The number of aryl methyl sites for hydroxylation is 1. The lowest BCUT2D eigenvalue weighted by Crippen LogP contribution is -2.46. The molecule has 0 saturated heterocycles. The van der Waals surface area contributed by atoms with Gasteiger partial charge in [0.15, 0.2) is 0 Å². The molecule has 6 nitrogen and oxygen atoms in total. The van der Waals surface area contributed by atoms with E-state index in [0.29, 0.717) is 30.7 Å². The summed E-state index contributed by atoms with van der Waals surface area (Å²) in [4.78, 5) is 10.7. The molecule has 0 heterocycles. The summed E-state index contributed by atoms with van der Waals surface area (Å²) in [7, 11) is 0. The molecule has 6 heteroatoms. The first-order chi connectivity index (χ1) is 16.3. The van der Waals surface area contributed by atoms with Crippen molar-refractivity contribution >= 4 is 16.7 Å². The Morgan fingerprint density at radius 1 is 1.09 bits per heavy atom. The highest BCUT2D eigenvalue weighted by atomic mass is 16.5. The van der Waals surface area contributed by atoms with Crippen LogP contribution < -0.4 is 10.1 Å². The number of β-amino-alcohol motifs (C(OH)–C–C–N with tert-alkyl or cyclic N) is 1. The fourth-order valence-electron chi connectivity index (χ4n) is 3.95. The Kier molecular flexibility index (Phi) is 8.64. The van der Waals surface area contributed by atoms with Crippen molar-refractivity contribution in [2.24, 2.45) is 0 Å². The van der Waals surface area contributed by atoms with Gasteiger partial charge in [-0.25, -0.2) is 0 Å². The van der Waals surface area contributed by atoms with E-state index in [4.69, 9.17) is 9.84 Å². The third-order valence-corrected chi connectivity index (χ3v) is 5.73. The first kappa shape index (κ1) is 25.2. The van der Waals surface area contributed by atoms with Gasteiger partial charge in [0.05, 0.1) is 5.56 Å². The molecule has 0 spiro atoms. The van der Waals surface area contributed by atoms with Crippen molar-refractivity contribution in [3.8, 4) is 11.8 Å². The van der Waals surface area contributed by atoms with Crippen LogP contribution in [0, 0.1) is 11.3 Å². The van der Waals surface area contributed by atoms with E-state index >= 15 is 0 Å². The summed E-state index contributed by atoms with van der Waals surface area (Å²) in [6, 6.07) is 22.1. The molecule has 0 amide bonds. The van der Waals surface area contributed by atoms with E-state index in [2.05, 4.69) is 55.6 Å². The van der Waals surface area contributed by atoms with Crippen LogP contribution in [0.15, 0.2) is 60.7 Å². The van der Waals surface area contributed by atoms with Crippen molar-refractivity contribution in [1.29, 1.82) is 5.26 Å². The van der Waals surface area contributed by atoms with Gasteiger partial charge in [0.2, 0.25) is 0 Å². The summed E-state index contributed by atoms with van der Waals surface area (Å²) < 4.78 is 5.71. The van der Waals surface area contributed by atoms with Crippen molar-refractivity contribution < 1.29 is 19.7 Å². The molecule has 3 aromatic carbocycles. The van der Waals surface area contributed by atoms with Gasteiger partial charge in [0.1, 0.15) is 24.5 Å². The van der Waals surface area contributed by atoms with Gasteiger partial charge in [-0.2, -0.15) is 5.26 Å². The summed E-state index contributed by atoms with van der Waals surface area (Å²) in [6.07, 6.45) is 1.27. The molecule has 1 atom stereocenters. The number of hydrogen-bond acceptors (Lipinski definition) is 5. The first-order valence-corrected chi connectivity index (χ1v) is 11.5. The van der Waals surface area contributed by atoms with E-state index < -0.39 is 12.1 Å². The lowest BCUT2D eigenvalue weighted by Gasteiger charge is -2.28. The number of carboxylic acid groups (broad SMARTS) is 1. The van der Waals surface area contributed by atoms with Crippen LogP contribution >= 0.6 is 0 Å². The topological polar surface area (TPSA) is 103 Å². The maximum atomic E-state index is 10.7. The first-order valence-electron chi connectivity index (χ1n) is 11.5. The zero-order valence-electron chi connectivity index (χ0n) is 19.8. The molecule has 3 rings (SSSR count). The van der Waals surface area contributed by atoms with Gasteiger partial charge in [-0.05, 0) is 67.1 Å². The second kappa shape index (κ2) is 11.6. The number of ether oxygens (including phenoxy) is 1. The van der Waals surface area contributed by atoms with Crippen molar-refractivity contribution in [3.63, 3.8) is 0 Å². The number of fused-ring (bicyclic) bond motifs is 1. The Balaban J connectivity index is 1.49. The second-order valence-corrected chi connectivity index (χ2v) is 9.28. The van der Waals surface area contributed by atoms with Crippen LogP contribution in [-0.4, -0.2) is 41.0 Å². The third kappa shape index (κ3) is 7.58. The number of aliphatic hydroxyl groups is 1. The van der Waals surface area contributed by atoms with E-state index in [-0.39, 0.29) is 18.6 Å². The zero-order chi connectivity index (χ0) is 24.6. The van der Waals surface area contributed by atoms with E-state index in [1.54, 1.807) is 12.1 Å². The number of nitriles is 1. The number of benzene rings is 3. The molecule has 0 aliphatic heterocycles. The number of nitrogens with zero attached hydrogens (tertiary/aromatic N) is 1. The van der Waals surface area contributed by atoms with Crippen LogP contribution in [0.5, 0.6) is 5.75 Å². The molecule has 0 aliphatic rings. The smallest absolute Gasteiger partial charge is 0.303 e. The highest BCUT2D eigenvalue weighted by Gasteiger charge is 2.20. The molecule has 178 valence electrons. The minimum absolute atomic E-state index is 0.0616. The van der Waals surface area contributed by atoms with Crippen LogP contribution in [0.25, 0.3) is 10.8 Å². The van der Waals surface area contributed by atoms with Gasteiger partial charge in [0.25, 0.3) is 0 Å². The highest BCUT2D eigenvalue weighted by molar-refractivity contribution is 5.83. The molecule has 0 unspecified atom stereocenters. The molecule has 34 heavy (non-hydrogen) atoms. The number of nitrogens with one attached hydrogen (secondary N) is 1. The van der Waals surface area contributed by atoms with Crippen LogP contribution in [0.2, 0.25) is 0 Å². The van der Waals surface area contributed by atoms with E-state index in [0.717, 1.165) is 12.0 Å². The fourth-order valence-corrected chi connectivity index (χ4v) is 3.95. The predicted molar refractivity (Wildman–Crippen MR) is 133 cm³/mol. The van der Waals surface area contributed by atoms with Crippen LogP contribution in [0.3, 0.4) is 0 Å². The number of carbonyl (C=O) groups is 1. The van der Waals surface area contributed by atoms with Crippen LogP contribution in [-0.2, 0) is 17.6 Å². The molecule has 3 aromatic rings. The van der Waals surface area contributed by atoms with Gasteiger partial charge >= 0.3 is 5.97 Å². The van der Waals surface area contributed by atoms with Crippen molar-refractivity contribution in [1.82, 2.24) is 5.32 Å². The molecule has 0 saturated carbocycles. The monoisotopic (exact) mass is 460 g/mol. The van der Waals surface area contributed by atoms with Gasteiger partial charge in [-0.1, -0.05) is 48.5 Å². The molecule has 0 bridgehead atoms. The number of carboxylic acids is 1. The van der Waals surface area contributed by atoms with Crippen molar-refractivity contribution in [3.05, 3.63) is 77.4 Å². The normalized spacial score (nSPS) is 12.3. The number of aliphatic carboxylic acids is 1. The molecular weight excluding hydrogens is 428 g/mol. The van der Waals surface area contributed by atoms with Gasteiger partial charge in [-0.15, -0.1) is 0 Å². The van der Waals surface area contributed by atoms with Crippen molar-refractivity contribution in [2.45, 2.75) is 51.2 Å². The van der Waals surface area contributed by atoms with Gasteiger partial charge < -0.3 is 20.3 Å². The van der Waals surface area contributed by atoms with E-state index in [1.165, 1.54) is 16.3 Å². The minimum atomic E-state index is -0.830. The quantitative estimate of drug-likeness (QED) is 0.369. The zero-order valence-corrected chi connectivity index (χ0v) is 19.8. The largest absolute Gasteiger partial charge is 0.489 e. The second-order valence-electron chi connectivity index (χ2n) is 9.28. The van der Waals surface area contributed by atoms with Gasteiger partial charge in [-0.3, -0.25) is 4.79 Å². The summed E-state index contributed by atoms with van der Waals surface area (Å²) >= 11 is 0. The van der Waals surface area contributed by atoms with E-state index in [9.17, 15) is 15.2 Å². The summed E-state index contributed by atoms with van der Waals surface area (Å²) in [5, 5.41) is 34.5. The molecule has 3 N–H and O–H groups in total. The van der Waals surface area contributed by atoms with Crippen LogP contribution in [0.4, 0.5) is 0 Å². The SMILES string of the molecule is CC(C)(Cc1ccc2ccccc2c1)NC[C@@H](O)COc1ccc(CCCC(=O)O)cc1C#N. The lowest BCUT2D eigenvalue weighted by atomic mass is 9.93. The number of hydrogen-bond donors (Lipinski definition) is 3. The molecular formula is C28H32N2O4. The maximum absolute atomic E-state index is 10.7. The molecule has 0 fully saturated rings. The van der Waals surface area contributed by atoms with Gasteiger partial charge in [0, 0.05) is 18.5 Å². The maximum Gasteiger partial charge on any atom is 0.303 e. The third-order valence-electron chi connectivity index (χ3n) is 5.73. The Hall–Kier alpha value is -3.40. The molecule has 0 radical (unpaired) electrons. The van der Waals surface area contributed by atoms with Crippen molar-refractivity contribution in [2.75, 3.05) is 13.2 Å². The Morgan fingerprint density at radius 2 is 1.82 bits per heavy atom. The molecule has 0 aliphatic carbocycles. The minimum Gasteiger partial charge on any atom is -0.489 e. The number of rotatable bonds is 12. The Morgan fingerprint density at radius 3 is 2.56 bits per heavy atom. The molecule has 0 aromatic heterocycles. The fraction of sp³-hybridized carbons (Fsp3) is 0.357. The highest BCUT2D eigenvalue weighted by Crippen LogP contribution is 2.22. The van der Waals surface area contributed by atoms with Crippen LogP contribution in [0.1, 0.15) is 43.4 Å². The standard InChI is InChI=1S/C28H32N2O4/c1-28(2,16-21-10-12-22-7-3-4-8-23(22)15-21)30-18-25(31)19-34-26-13-11-20(14-24(26)17-29)6-5-9-27(32)33/h3-4,7-8,10-15,25,30-31H,5-6,9,16,18-19H2,1-2H3,(H,32,33)/t25-/m1/s1. The Labute approximate surface area is 200 Å². The average molecular weight is 461 g/mol. The van der Waals surface area contributed by atoms with E-state index in [1.807, 2.05) is 18.2 Å². The lowest BCUT2D eigenvalue weighted by molar-refractivity contribution is -0.137.